The molecule has 0 aromatic heterocycles. The van der Waals surface area contributed by atoms with E-state index in [9.17, 15) is 5.11 Å². The molecule has 2 fully saturated rings. The van der Waals surface area contributed by atoms with Crippen molar-refractivity contribution in [1.29, 1.82) is 0 Å². The van der Waals surface area contributed by atoms with Crippen LogP contribution in [0, 0.1) is 0 Å². The molecule has 2 N–H and O–H groups in total. The fourth-order valence-corrected chi connectivity index (χ4v) is 3.01. The molecule has 3 unspecified atom stereocenters. The Balaban J connectivity index is 1.73. The number of hydrogen-bond acceptors (Lipinski definition) is 4. The summed E-state index contributed by atoms with van der Waals surface area (Å²) in [5, 5.41) is 13.3. The van der Waals surface area contributed by atoms with Gasteiger partial charge in [0, 0.05) is 25.7 Å². The molecule has 17 heavy (non-hydrogen) atoms. The molecule has 100 valence electrons. The Morgan fingerprint density at radius 2 is 2.35 bits per heavy atom. The number of aliphatic hydroxyl groups excluding tert-OH is 1. The van der Waals surface area contributed by atoms with E-state index in [1.54, 1.807) is 0 Å². The van der Waals surface area contributed by atoms with Crippen molar-refractivity contribution < 1.29 is 9.84 Å². The third-order valence-corrected chi connectivity index (χ3v) is 3.85. The van der Waals surface area contributed by atoms with E-state index in [1.807, 2.05) is 0 Å². The smallest absolute Gasteiger partial charge is 0.0791 e. The maximum absolute atomic E-state index is 10.0. The van der Waals surface area contributed by atoms with E-state index >= 15 is 0 Å². The maximum atomic E-state index is 10.0. The number of nitrogens with one attached hydrogen (secondary N) is 1. The second-order valence-corrected chi connectivity index (χ2v) is 5.26. The first-order valence-corrected chi connectivity index (χ1v) is 7.05. The lowest BCUT2D eigenvalue weighted by Gasteiger charge is -2.38. The molecule has 2 rings (SSSR count). The van der Waals surface area contributed by atoms with E-state index in [2.05, 4.69) is 17.1 Å². The highest BCUT2D eigenvalue weighted by Gasteiger charge is 2.36. The summed E-state index contributed by atoms with van der Waals surface area (Å²) < 4.78 is 5.77. The summed E-state index contributed by atoms with van der Waals surface area (Å²) in [6.45, 7) is 6.45. The Morgan fingerprint density at radius 1 is 1.47 bits per heavy atom. The maximum Gasteiger partial charge on any atom is 0.0791 e. The molecule has 1 aliphatic heterocycles. The fraction of sp³-hybridized carbons (Fsp3) is 1.00. The van der Waals surface area contributed by atoms with Gasteiger partial charge in [-0.2, -0.15) is 0 Å². The quantitative estimate of drug-likeness (QED) is 0.670. The summed E-state index contributed by atoms with van der Waals surface area (Å²) in [5.74, 6) is 0. The van der Waals surface area contributed by atoms with Crippen LogP contribution < -0.4 is 5.32 Å². The fourth-order valence-electron chi connectivity index (χ4n) is 3.01. The highest BCUT2D eigenvalue weighted by Crippen LogP contribution is 2.29. The molecule has 1 aliphatic carbocycles. The van der Waals surface area contributed by atoms with Crippen LogP contribution in [0.1, 0.15) is 32.6 Å². The minimum Gasteiger partial charge on any atom is -0.390 e. The summed E-state index contributed by atoms with van der Waals surface area (Å²) in [5.41, 5.74) is 0. The average Bonchev–Trinajstić information content (AvgIpc) is 2.78. The van der Waals surface area contributed by atoms with Crippen LogP contribution in [0.4, 0.5) is 0 Å². The Bertz CT molecular complexity index is 225. The van der Waals surface area contributed by atoms with Gasteiger partial charge in [-0.05, 0) is 32.2 Å². The van der Waals surface area contributed by atoms with E-state index < -0.39 is 0 Å². The molecule has 1 saturated carbocycles. The molecule has 0 aromatic carbocycles. The van der Waals surface area contributed by atoms with E-state index in [1.165, 1.54) is 19.3 Å². The van der Waals surface area contributed by atoms with Gasteiger partial charge in [-0.15, -0.1) is 0 Å². The molecule has 0 spiro atoms. The highest BCUT2D eigenvalue weighted by atomic mass is 16.5. The average molecular weight is 242 g/mol. The number of β-amino-alcohol motifs (C(OH)–C–C–N with tert-alkyl or cyclic N) is 1. The number of nitrogens with zero attached hydrogens (tertiary/aromatic N) is 1. The summed E-state index contributed by atoms with van der Waals surface area (Å²) in [6, 6.07) is 0.560. The first-order chi connectivity index (χ1) is 8.31. The van der Waals surface area contributed by atoms with Gasteiger partial charge >= 0.3 is 0 Å². The molecule has 2 aliphatic rings. The molecule has 4 heteroatoms. The standard InChI is InChI=1S/C13H26N2O2/c1-2-6-14-9-11(16)10-15-7-8-17-13-5-3-4-12(13)15/h11-14,16H,2-10H2,1H3. The first kappa shape index (κ1) is 13.3. The van der Waals surface area contributed by atoms with Gasteiger partial charge < -0.3 is 15.2 Å². The van der Waals surface area contributed by atoms with Gasteiger partial charge in [-0.3, -0.25) is 4.90 Å². The van der Waals surface area contributed by atoms with Crippen molar-refractivity contribution in [3.05, 3.63) is 0 Å². The molecule has 3 atom stereocenters. The summed E-state index contributed by atoms with van der Waals surface area (Å²) in [4.78, 5) is 2.43. The zero-order chi connectivity index (χ0) is 12.1. The van der Waals surface area contributed by atoms with Crippen LogP contribution in [-0.4, -0.2) is 61.0 Å². The van der Waals surface area contributed by atoms with Crippen LogP contribution in [-0.2, 0) is 4.74 Å². The van der Waals surface area contributed by atoms with Crippen LogP contribution in [0.2, 0.25) is 0 Å². The lowest BCUT2D eigenvalue weighted by molar-refractivity contribution is -0.0668. The summed E-state index contributed by atoms with van der Waals surface area (Å²) in [7, 11) is 0. The summed E-state index contributed by atoms with van der Waals surface area (Å²) >= 11 is 0. The van der Waals surface area contributed by atoms with Gasteiger partial charge in [0.1, 0.15) is 0 Å². The lowest BCUT2D eigenvalue weighted by atomic mass is 10.1. The predicted molar refractivity (Wildman–Crippen MR) is 68.1 cm³/mol. The Kier molecular flexibility index (Phi) is 5.22. The van der Waals surface area contributed by atoms with Crippen molar-refractivity contribution in [1.82, 2.24) is 10.2 Å². The number of hydrogen-bond donors (Lipinski definition) is 2. The molecule has 1 saturated heterocycles. The zero-order valence-electron chi connectivity index (χ0n) is 10.9. The van der Waals surface area contributed by atoms with Gasteiger partial charge in [0.05, 0.1) is 18.8 Å². The zero-order valence-corrected chi connectivity index (χ0v) is 10.9. The van der Waals surface area contributed by atoms with Gasteiger partial charge in [0.25, 0.3) is 0 Å². The van der Waals surface area contributed by atoms with E-state index in [-0.39, 0.29) is 6.10 Å². The molecule has 0 radical (unpaired) electrons. The number of aliphatic hydroxyl groups is 1. The SMILES string of the molecule is CCCNCC(O)CN1CCOC2CCCC21. The normalized spacial score (nSPS) is 31.4. The number of ether oxygens (including phenoxy) is 1. The topological polar surface area (TPSA) is 44.7 Å². The van der Waals surface area contributed by atoms with Crippen LogP contribution in [0.3, 0.4) is 0 Å². The van der Waals surface area contributed by atoms with E-state index in [0.29, 0.717) is 18.7 Å². The number of fused-ring (bicyclic) bond motifs is 1. The second-order valence-electron chi connectivity index (χ2n) is 5.26. The van der Waals surface area contributed by atoms with Crippen molar-refractivity contribution in [3.63, 3.8) is 0 Å². The van der Waals surface area contributed by atoms with Crippen LogP contribution in [0.25, 0.3) is 0 Å². The predicted octanol–water partition coefficient (Wildman–Crippen LogP) is 0.600. The van der Waals surface area contributed by atoms with Crippen molar-refractivity contribution in [2.45, 2.75) is 50.9 Å². The molecule has 0 aromatic rings. The Labute approximate surface area is 104 Å². The molecule has 0 amide bonds. The minimum absolute atomic E-state index is 0.249. The van der Waals surface area contributed by atoms with Gasteiger partial charge in [-0.1, -0.05) is 6.92 Å². The molecular formula is C13H26N2O2. The monoisotopic (exact) mass is 242 g/mol. The van der Waals surface area contributed by atoms with Crippen molar-refractivity contribution >= 4 is 0 Å². The van der Waals surface area contributed by atoms with Gasteiger partial charge in [-0.25, -0.2) is 0 Å². The lowest BCUT2D eigenvalue weighted by Crippen LogP contribution is -2.52. The van der Waals surface area contributed by atoms with Crippen molar-refractivity contribution in [2.75, 3.05) is 32.8 Å². The third kappa shape index (κ3) is 3.65. The third-order valence-electron chi connectivity index (χ3n) is 3.85. The molecule has 4 nitrogen and oxygen atoms in total. The van der Waals surface area contributed by atoms with Crippen molar-refractivity contribution in [2.24, 2.45) is 0 Å². The Hall–Kier alpha value is -0.160. The van der Waals surface area contributed by atoms with Crippen molar-refractivity contribution in [3.8, 4) is 0 Å². The second kappa shape index (κ2) is 6.69. The van der Waals surface area contributed by atoms with E-state index in [0.717, 1.165) is 32.7 Å². The molecular weight excluding hydrogens is 216 g/mol. The number of morpholine rings is 1. The first-order valence-electron chi connectivity index (χ1n) is 7.05. The van der Waals surface area contributed by atoms with Crippen LogP contribution in [0.15, 0.2) is 0 Å². The largest absolute Gasteiger partial charge is 0.390 e. The Morgan fingerprint density at radius 3 is 3.18 bits per heavy atom. The van der Waals surface area contributed by atoms with Gasteiger partial charge in [0.2, 0.25) is 0 Å². The highest BCUT2D eigenvalue weighted by molar-refractivity contribution is 4.90. The van der Waals surface area contributed by atoms with Gasteiger partial charge in [0.15, 0.2) is 0 Å². The van der Waals surface area contributed by atoms with E-state index in [4.69, 9.17) is 4.74 Å². The number of rotatable bonds is 6. The summed E-state index contributed by atoms with van der Waals surface area (Å²) in [6.07, 6.45) is 5.01. The molecule has 1 heterocycles. The minimum atomic E-state index is -0.249. The molecule has 0 bridgehead atoms. The van der Waals surface area contributed by atoms with Crippen LogP contribution >= 0.6 is 0 Å². The van der Waals surface area contributed by atoms with Crippen LogP contribution in [0.5, 0.6) is 0 Å².